The number of carbonyl (C=O) groups excluding carboxylic acids is 1. The number of rotatable bonds is 8. The van der Waals surface area contributed by atoms with Crippen LogP contribution in [0.5, 0.6) is 5.75 Å². The van der Waals surface area contributed by atoms with Crippen LogP contribution in [-0.4, -0.2) is 33.7 Å². The highest BCUT2D eigenvalue weighted by atomic mass is 16.6. The van der Waals surface area contributed by atoms with Crippen LogP contribution in [0.1, 0.15) is 38.7 Å². The lowest BCUT2D eigenvalue weighted by atomic mass is 9.99. The number of benzene rings is 4. The number of ether oxygens (including phenoxy) is 1. The maximum absolute atomic E-state index is 13.8. The summed E-state index contributed by atoms with van der Waals surface area (Å²) in [6.07, 6.45) is 1.91. The van der Waals surface area contributed by atoms with Gasteiger partial charge in [0.05, 0.1) is 29.2 Å². The number of nitrogens with one attached hydrogen (secondary N) is 1. The van der Waals surface area contributed by atoms with Crippen LogP contribution in [0, 0.1) is 10.1 Å². The van der Waals surface area contributed by atoms with E-state index in [0.29, 0.717) is 27.8 Å². The number of carboxylic acid groups (broad SMARTS) is 1. The van der Waals surface area contributed by atoms with Gasteiger partial charge in [-0.3, -0.25) is 14.7 Å². The van der Waals surface area contributed by atoms with Gasteiger partial charge in [-0.2, -0.15) is 0 Å². The second-order valence-electron chi connectivity index (χ2n) is 9.20. The van der Waals surface area contributed by atoms with Crippen molar-refractivity contribution in [1.29, 1.82) is 0 Å². The standard InChI is InChI=1S/C31H25N3O6/c1-40-28-17-23(30(35)36)13-12-22(28)16-24-19-33(27-15-14-25(34(38)39)18-26(24)27)31(37)32-29(20-8-4-2-5-9-20)21-10-6-3-7-11-21/h2-15,17-19,29H,16H2,1H3,(H,32,37)(H,35,36). The average molecular weight is 536 g/mol. The molecule has 0 atom stereocenters. The highest BCUT2D eigenvalue weighted by Crippen LogP contribution is 2.31. The fourth-order valence-corrected chi connectivity index (χ4v) is 4.78. The Morgan fingerprint density at radius 2 is 1.57 bits per heavy atom. The Kier molecular flexibility index (Phi) is 7.28. The van der Waals surface area contributed by atoms with Crippen molar-refractivity contribution in [3.63, 3.8) is 0 Å². The van der Waals surface area contributed by atoms with Gasteiger partial charge in [0.2, 0.25) is 0 Å². The zero-order valence-corrected chi connectivity index (χ0v) is 21.5. The fourth-order valence-electron chi connectivity index (χ4n) is 4.78. The van der Waals surface area contributed by atoms with Crippen molar-refractivity contribution in [2.75, 3.05) is 7.11 Å². The van der Waals surface area contributed by atoms with Crippen LogP contribution in [-0.2, 0) is 6.42 Å². The minimum absolute atomic E-state index is 0.0749. The highest BCUT2D eigenvalue weighted by Gasteiger charge is 2.22. The number of hydrogen-bond donors (Lipinski definition) is 2. The van der Waals surface area contributed by atoms with Gasteiger partial charge in [0, 0.05) is 30.1 Å². The van der Waals surface area contributed by atoms with E-state index >= 15 is 0 Å². The molecule has 0 unspecified atom stereocenters. The second-order valence-corrected chi connectivity index (χ2v) is 9.20. The Morgan fingerprint density at radius 1 is 0.925 bits per heavy atom. The monoisotopic (exact) mass is 535 g/mol. The molecule has 5 rings (SSSR count). The number of carboxylic acids is 1. The predicted molar refractivity (Wildman–Crippen MR) is 150 cm³/mol. The van der Waals surface area contributed by atoms with Crippen LogP contribution in [0.25, 0.3) is 10.9 Å². The summed E-state index contributed by atoms with van der Waals surface area (Å²) in [6.45, 7) is 0. The molecule has 1 amide bonds. The van der Waals surface area contributed by atoms with Crippen molar-refractivity contribution in [2.24, 2.45) is 0 Å². The number of carbonyl (C=O) groups is 2. The normalized spacial score (nSPS) is 10.9. The molecule has 0 aliphatic carbocycles. The first kappa shape index (κ1) is 26.2. The molecule has 0 saturated heterocycles. The highest BCUT2D eigenvalue weighted by molar-refractivity contribution is 5.95. The molecular weight excluding hydrogens is 510 g/mol. The third kappa shape index (κ3) is 5.25. The minimum Gasteiger partial charge on any atom is -0.496 e. The topological polar surface area (TPSA) is 124 Å². The number of nitro benzene ring substituents is 1. The number of fused-ring (bicyclic) bond motifs is 1. The number of nitrogens with zero attached hydrogens (tertiary/aromatic N) is 2. The largest absolute Gasteiger partial charge is 0.496 e. The van der Waals surface area contributed by atoms with E-state index in [4.69, 9.17) is 4.74 Å². The number of aromatic nitrogens is 1. The van der Waals surface area contributed by atoms with Gasteiger partial charge in [-0.15, -0.1) is 0 Å². The van der Waals surface area contributed by atoms with Gasteiger partial charge in [0.15, 0.2) is 0 Å². The van der Waals surface area contributed by atoms with Crippen molar-refractivity contribution < 1.29 is 24.4 Å². The summed E-state index contributed by atoms with van der Waals surface area (Å²) in [5.74, 6) is -0.718. The molecule has 0 aliphatic rings. The molecule has 2 N–H and O–H groups in total. The first-order valence-corrected chi connectivity index (χ1v) is 12.4. The summed E-state index contributed by atoms with van der Waals surface area (Å²) in [7, 11) is 1.44. The minimum atomic E-state index is -1.08. The third-order valence-electron chi connectivity index (χ3n) is 6.75. The molecule has 9 heteroatoms. The fraction of sp³-hybridized carbons (Fsp3) is 0.0968. The molecule has 0 fully saturated rings. The van der Waals surface area contributed by atoms with Crippen LogP contribution in [0.4, 0.5) is 10.5 Å². The Morgan fingerprint density at radius 3 is 2.15 bits per heavy atom. The van der Waals surface area contributed by atoms with Crippen LogP contribution in [0.2, 0.25) is 0 Å². The Labute approximate surface area is 229 Å². The second kappa shape index (κ2) is 11.1. The van der Waals surface area contributed by atoms with Crippen molar-refractivity contribution in [1.82, 2.24) is 9.88 Å². The van der Waals surface area contributed by atoms with E-state index in [1.54, 1.807) is 18.3 Å². The van der Waals surface area contributed by atoms with Gasteiger partial charge in [-0.1, -0.05) is 66.7 Å². The lowest BCUT2D eigenvalue weighted by Crippen LogP contribution is -2.32. The molecule has 0 bridgehead atoms. The predicted octanol–water partition coefficient (Wildman–Crippen LogP) is 6.19. The Balaban J connectivity index is 1.57. The van der Waals surface area contributed by atoms with Crippen LogP contribution in [0.3, 0.4) is 0 Å². The van der Waals surface area contributed by atoms with Gasteiger partial charge >= 0.3 is 12.0 Å². The van der Waals surface area contributed by atoms with Gasteiger partial charge in [-0.05, 0) is 40.5 Å². The number of nitro groups is 1. The SMILES string of the molecule is COc1cc(C(=O)O)ccc1Cc1cn(C(=O)NC(c2ccccc2)c2ccccc2)c2ccc([N+](=O)[O-])cc12. The van der Waals surface area contributed by atoms with Crippen molar-refractivity contribution in [3.05, 3.63) is 141 Å². The van der Waals surface area contributed by atoms with E-state index in [0.717, 1.165) is 11.1 Å². The number of non-ortho nitro benzene ring substituents is 1. The quantitative estimate of drug-likeness (QED) is 0.180. The molecular formula is C31H25N3O6. The number of aromatic carboxylic acids is 1. The maximum atomic E-state index is 13.8. The van der Waals surface area contributed by atoms with E-state index in [9.17, 15) is 24.8 Å². The zero-order valence-electron chi connectivity index (χ0n) is 21.5. The van der Waals surface area contributed by atoms with E-state index < -0.39 is 23.0 Å². The molecule has 0 aliphatic heterocycles. The van der Waals surface area contributed by atoms with Gasteiger partial charge < -0.3 is 15.2 Å². The van der Waals surface area contributed by atoms with E-state index in [1.165, 1.54) is 35.9 Å². The summed E-state index contributed by atoms with van der Waals surface area (Å²) in [6, 6.07) is 27.3. The summed E-state index contributed by atoms with van der Waals surface area (Å²) < 4.78 is 6.88. The first-order chi connectivity index (χ1) is 19.4. The lowest BCUT2D eigenvalue weighted by Gasteiger charge is -2.20. The number of hydrogen-bond acceptors (Lipinski definition) is 5. The molecule has 0 radical (unpaired) electrons. The molecule has 1 heterocycles. The molecule has 200 valence electrons. The van der Waals surface area contributed by atoms with E-state index in [1.807, 2.05) is 60.7 Å². The smallest absolute Gasteiger partial charge is 0.335 e. The molecule has 1 aromatic heterocycles. The maximum Gasteiger partial charge on any atom is 0.335 e. The average Bonchev–Trinajstić information content (AvgIpc) is 3.34. The zero-order chi connectivity index (χ0) is 28.2. The molecule has 9 nitrogen and oxygen atoms in total. The van der Waals surface area contributed by atoms with Crippen LogP contribution in [0.15, 0.2) is 103 Å². The third-order valence-corrected chi connectivity index (χ3v) is 6.75. The molecule has 0 saturated carbocycles. The molecule has 5 aromatic rings. The Bertz CT molecular complexity index is 1670. The van der Waals surface area contributed by atoms with Gasteiger partial charge in [0.25, 0.3) is 5.69 Å². The summed E-state index contributed by atoms with van der Waals surface area (Å²) >= 11 is 0. The van der Waals surface area contributed by atoms with Gasteiger partial charge in [-0.25, -0.2) is 9.59 Å². The summed E-state index contributed by atoms with van der Waals surface area (Å²) in [5.41, 5.74) is 3.59. The number of amides is 1. The van der Waals surface area contributed by atoms with Crippen LogP contribution >= 0.6 is 0 Å². The first-order valence-electron chi connectivity index (χ1n) is 12.4. The van der Waals surface area contributed by atoms with Crippen molar-refractivity contribution in [3.8, 4) is 5.75 Å². The lowest BCUT2D eigenvalue weighted by molar-refractivity contribution is -0.384. The molecule has 40 heavy (non-hydrogen) atoms. The van der Waals surface area contributed by atoms with Crippen molar-refractivity contribution in [2.45, 2.75) is 12.5 Å². The van der Waals surface area contributed by atoms with Crippen molar-refractivity contribution >= 4 is 28.6 Å². The summed E-state index contributed by atoms with van der Waals surface area (Å²) in [4.78, 5) is 36.3. The van der Waals surface area contributed by atoms with Gasteiger partial charge in [0.1, 0.15) is 5.75 Å². The number of methoxy groups -OCH3 is 1. The summed E-state index contributed by atoms with van der Waals surface area (Å²) in [5, 5.41) is 24.6. The molecule has 4 aromatic carbocycles. The van der Waals surface area contributed by atoms with E-state index in [-0.39, 0.29) is 17.7 Å². The van der Waals surface area contributed by atoms with E-state index in [2.05, 4.69) is 5.32 Å². The Hall–Kier alpha value is -5.44. The molecule has 0 spiro atoms. The van der Waals surface area contributed by atoms with Crippen LogP contribution < -0.4 is 10.1 Å².